The zero-order valence-electron chi connectivity index (χ0n) is 9.66. The van der Waals surface area contributed by atoms with Crippen LogP contribution in [0.25, 0.3) is 0 Å². The fourth-order valence-corrected chi connectivity index (χ4v) is 1.39. The quantitative estimate of drug-likeness (QED) is 0.743. The van der Waals surface area contributed by atoms with E-state index in [1.54, 1.807) is 6.07 Å². The van der Waals surface area contributed by atoms with Crippen molar-refractivity contribution in [1.29, 1.82) is 5.26 Å². The van der Waals surface area contributed by atoms with Gasteiger partial charge in [-0.15, -0.1) is 0 Å². The first-order valence-corrected chi connectivity index (χ1v) is 5.32. The fraction of sp³-hybridized carbons (Fsp3) is 0.417. The van der Waals surface area contributed by atoms with Crippen molar-refractivity contribution in [1.82, 2.24) is 0 Å². The lowest BCUT2D eigenvalue weighted by Gasteiger charge is -2.16. The molecule has 86 valence electrons. The molecule has 1 atom stereocenters. The monoisotopic (exact) mass is 219 g/mol. The standard InChI is InChI=1S/C12H17N3O/c1-3-16-8-9(2)15-11-6-4-5-10(7-13)12(11)14/h4-6,9,15H,3,8,14H2,1-2H3. The molecule has 0 saturated heterocycles. The number of nitrogen functional groups attached to an aromatic ring is 1. The maximum atomic E-state index is 8.84. The van der Waals surface area contributed by atoms with Gasteiger partial charge in [0, 0.05) is 12.6 Å². The van der Waals surface area contributed by atoms with Gasteiger partial charge >= 0.3 is 0 Å². The van der Waals surface area contributed by atoms with E-state index in [4.69, 9.17) is 15.7 Å². The summed E-state index contributed by atoms with van der Waals surface area (Å²) in [7, 11) is 0. The van der Waals surface area contributed by atoms with Crippen molar-refractivity contribution in [2.45, 2.75) is 19.9 Å². The Morgan fingerprint density at radius 3 is 2.94 bits per heavy atom. The first-order valence-electron chi connectivity index (χ1n) is 5.32. The van der Waals surface area contributed by atoms with Crippen molar-refractivity contribution in [2.24, 2.45) is 0 Å². The van der Waals surface area contributed by atoms with Crippen LogP contribution in [0.1, 0.15) is 19.4 Å². The Balaban J connectivity index is 2.70. The molecule has 0 amide bonds. The Kier molecular flexibility index (Phi) is 4.62. The van der Waals surface area contributed by atoms with Gasteiger partial charge in [0.2, 0.25) is 0 Å². The van der Waals surface area contributed by atoms with Crippen molar-refractivity contribution < 1.29 is 4.74 Å². The van der Waals surface area contributed by atoms with Crippen molar-refractivity contribution in [3.8, 4) is 6.07 Å². The number of nitrogens with one attached hydrogen (secondary N) is 1. The first-order chi connectivity index (χ1) is 7.69. The van der Waals surface area contributed by atoms with Gasteiger partial charge in [0.25, 0.3) is 0 Å². The minimum Gasteiger partial charge on any atom is -0.396 e. The van der Waals surface area contributed by atoms with Gasteiger partial charge in [-0.2, -0.15) is 5.26 Å². The highest BCUT2D eigenvalue weighted by Gasteiger charge is 2.07. The molecule has 0 aliphatic rings. The minimum atomic E-state index is 0.163. The van der Waals surface area contributed by atoms with E-state index in [1.165, 1.54) is 0 Å². The van der Waals surface area contributed by atoms with Crippen LogP contribution in [0.4, 0.5) is 11.4 Å². The molecule has 0 aliphatic carbocycles. The van der Waals surface area contributed by atoms with Gasteiger partial charge in [0.1, 0.15) is 6.07 Å². The average Bonchev–Trinajstić information content (AvgIpc) is 2.29. The largest absolute Gasteiger partial charge is 0.396 e. The van der Waals surface area contributed by atoms with Crippen LogP contribution in [0.2, 0.25) is 0 Å². The second-order valence-electron chi connectivity index (χ2n) is 3.58. The molecule has 0 saturated carbocycles. The molecule has 1 aromatic carbocycles. The molecule has 4 nitrogen and oxygen atoms in total. The third-order valence-electron chi connectivity index (χ3n) is 2.20. The summed E-state index contributed by atoms with van der Waals surface area (Å²) in [5, 5.41) is 12.1. The lowest BCUT2D eigenvalue weighted by atomic mass is 10.1. The lowest BCUT2D eigenvalue weighted by Crippen LogP contribution is -2.22. The van der Waals surface area contributed by atoms with Gasteiger partial charge in [-0.1, -0.05) is 6.07 Å². The normalized spacial score (nSPS) is 11.8. The molecule has 0 fully saturated rings. The van der Waals surface area contributed by atoms with Gasteiger partial charge in [-0.3, -0.25) is 0 Å². The molecule has 0 spiro atoms. The molecule has 0 bridgehead atoms. The minimum absolute atomic E-state index is 0.163. The fourth-order valence-electron chi connectivity index (χ4n) is 1.39. The number of nitrogens with two attached hydrogens (primary N) is 1. The molecule has 0 aromatic heterocycles. The van der Waals surface area contributed by atoms with E-state index in [2.05, 4.69) is 11.4 Å². The number of benzene rings is 1. The summed E-state index contributed by atoms with van der Waals surface area (Å²) in [6, 6.07) is 7.59. The smallest absolute Gasteiger partial charge is 0.101 e. The van der Waals surface area contributed by atoms with Gasteiger partial charge in [-0.05, 0) is 26.0 Å². The summed E-state index contributed by atoms with van der Waals surface area (Å²) < 4.78 is 5.30. The van der Waals surface area contributed by atoms with E-state index in [1.807, 2.05) is 26.0 Å². The van der Waals surface area contributed by atoms with Gasteiger partial charge in [-0.25, -0.2) is 0 Å². The Labute approximate surface area is 96.0 Å². The number of ether oxygens (including phenoxy) is 1. The summed E-state index contributed by atoms with van der Waals surface area (Å²) in [6.07, 6.45) is 0. The van der Waals surface area contributed by atoms with E-state index in [-0.39, 0.29) is 6.04 Å². The number of rotatable bonds is 5. The zero-order chi connectivity index (χ0) is 12.0. The highest BCUT2D eigenvalue weighted by atomic mass is 16.5. The first kappa shape index (κ1) is 12.3. The molecule has 1 rings (SSSR count). The summed E-state index contributed by atoms with van der Waals surface area (Å²) in [4.78, 5) is 0. The van der Waals surface area contributed by atoms with Crippen molar-refractivity contribution in [3.63, 3.8) is 0 Å². The van der Waals surface area contributed by atoms with E-state index in [9.17, 15) is 0 Å². The second kappa shape index (κ2) is 5.99. The highest BCUT2D eigenvalue weighted by molar-refractivity contribution is 5.73. The average molecular weight is 219 g/mol. The number of hydrogen-bond acceptors (Lipinski definition) is 4. The second-order valence-corrected chi connectivity index (χ2v) is 3.58. The molecular formula is C12H17N3O. The predicted molar refractivity (Wildman–Crippen MR) is 65.1 cm³/mol. The maximum Gasteiger partial charge on any atom is 0.101 e. The molecule has 3 N–H and O–H groups in total. The van der Waals surface area contributed by atoms with Crippen LogP contribution >= 0.6 is 0 Å². The molecule has 16 heavy (non-hydrogen) atoms. The van der Waals surface area contributed by atoms with Gasteiger partial charge in [0.15, 0.2) is 0 Å². The Hall–Kier alpha value is -1.73. The Morgan fingerprint density at radius 2 is 2.31 bits per heavy atom. The number of hydrogen-bond donors (Lipinski definition) is 2. The SMILES string of the molecule is CCOCC(C)Nc1cccc(C#N)c1N. The van der Waals surface area contributed by atoms with Crippen LogP contribution in [-0.2, 0) is 4.74 Å². The van der Waals surface area contributed by atoms with Crippen LogP contribution in [0, 0.1) is 11.3 Å². The van der Waals surface area contributed by atoms with Crippen molar-refractivity contribution >= 4 is 11.4 Å². The summed E-state index contributed by atoms with van der Waals surface area (Å²) in [5.74, 6) is 0. The molecule has 0 radical (unpaired) electrons. The zero-order valence-corrected chi connectivity index (χ0v) is 9.66. The molecule has 0 heterocycles. The molecule has 4 heteroatoms. The van der Waals surface area contributed by atoms with E-state index >= 15 is 0 Å². The maximum absolute atomic E-state index is 8.84. The number of nitrogens with zero attached hydrogens (tertiary/aromatic N) is 1. The third kappa shape index (κ3) is 3.14. The number of anilines is 2. The molecular weight excluding hydrogens is 202 g/mol. The molecule has 0 aliphatic heterocycles. The van der Waals surface area contributed by atoms with Crippen LogP contribution in [-0.4, -0.2) is 19.3 Å². The third-order valence-corrected chi connectivity index (χ3v) is 2.20. The number of nitriles is 1. The summed E-state index contributed by atoms with van der Waals surface area (Å²) in [6.45, 7) is 5.28. The van der Waals surface area contributed by atoms with Crippen LogP contribution in [0.15, 0.2) is 18.2 Å². The van der Waals surface area contributed by atoms with Crippen LogP contribution in [0.5, 0.6) is 0 Å². The van der Waals surface area contributed by atoms with E-state index < -0.39 is 0 Å². The van der Waals surface area contributed by atoms with Crippen LogP contribution < -0.4 is 11.1 Å². The Morgan fingerprint density at radius 1 is 1.56 bits per heavy atom. The van der Waals surface area contributed by atoms with Gasteiger partial charge < -0.3 is 15.8 Å². The molecule has 1 aromatic rings. The summed E-state index contributed by atoms with van der Waals surface area (Å²) >= 11 is 0. The summed E-state index contributed by atoms with van der Waals surface area (Å²) in [5.41, 5.74) is 7.62. The predicted octanol–water partition coefficient (Wildman–Crippen LogP) is 1.98. The van der Waals surface area contributed by atoms with Crippen molar-refractivity contribution in [3.05, 3.63) is 23.8 Å². The van der Waals surface area contributed by atoms with Gasteiger partial charge in [0.05, 0.1) is 23.5 Å². The van der Waals surface area contributed by atoms with Crippen LogP contribution in [0.3, 0.4) is 0 Å². The molecule has 1 unspecified atom stereocenters. The lowest BCUT2D eigenvalue weighted by molar-refractivity contribution is 0.141. The topological polar surface area (TPSA) is 71.1 Å². The van der Waals surface area contributed by atoms with E-state index in [0.29, 0.717) is 24.5 Å². The highest BCUT2D eigenvalue weighted by Crippen LogP contribution is 2.22. The Bertz CT molecular complexity index is 384. The van der Waals surface area contributed by atoms with E-state index in [0.717, 1.165) is 5.69 Å². The van der Waals surface area contributed by atoms with Crippen molar-refractivity contribution in [2.75, 3.05) is 24.3 Å². The number of para-hydroxylation sites is 1.